The lowest BCUT2D eigenvalue weighted by atomic mass is 10.1. The van der Waals surface area contributed by atoms with Gasteiger partial charge in [-0.15, -0.1) is 0 Å². The topological polar surface area (TPSA) is 74.6 Å². The van der Waals surface area contributed by atoms with Gasteiger partial charge in [-0.3, -0.25) is 4.48 Å². The molecule has 0 aliphatic rings. The first-order valence-corrected chi connectivity index (χ1v) is 8.39. The van der Waals surface area contributed by atoms with E-state index >= 15 is 0 Å². The quantitative estimate of drug-likeness (QED) is 0.773. The van der Waals surface area contributed by atoms with Crippen LogP contribution in [0.2, 0.25) is 0 Å². The van der Waals surface area contributed by atoms with E-state index in [0.29, 0.717) is 0 Å². The van der Waals surface area contributed by atoms with Crippen LogP contribution in [0.5, 0.6) is 0 Å². The van der Waals surface area contributed by atoms with Gasteiger partial charge in [0, 0.05) is 0 Å². The monoisotopic (exact) mass is 344 g/mol. The average molecular weight is 344 g/mol. The number of carboxylic acid groups (broad SMARTS) is 2. The molecule has 0 heterocycles. The molecule has 2 rings (SSSR count). The van der Waals surface area contributed by atoms with Gasteiger partial charge in [0.05, 0.1) is 30.8 Å². The van der Waals surface area contributed by atoms with Gasteiger partial charge in [0.1, 0.15) is 5.69 Å². The molecule has 0 bridgehead atoms. The van der Waals surface area contributed by atoms with E-state index in [1.807, 2.05) is 0 Å². The average Bonchev–Trinajstić information content (AvgIpc) is 2.65. The molecule has 2 aromatic carbocycles. The Morgan fingerprint density at radius 1 is 0.720 bits per heavy atom. The highest BCUT2D eigenvalue weighted by molar-refractivity contribution is 6.01. The van der Waals surface area contributed by atoms with Crippen molar-refractivity contribution in [2.24, 2.45) is 0 Å². The Balaban J connectivity index is 0.000000251. The van der Waals surface area contributed by atoms with Crippen LogP contribution >= 0.6 is 0 Å². The summed E-state index contributed by atoms with van der Waals surface area (Å²) in [6.45, 7) is 10.3. The Hall–Kier alpha value is -2.66. The van der Waals surface area contributed by atoms with Gasteiger partial charge in [-0.25, -0.2) is 9.59 Å². The van der Waals surface area contributed by atoms with Gasteiger partial charge in [-0.05, 0) is 45.0 Å². The van der Waals surface area contributed by atoms with Gasteiger partial charge in [0.25, 0.3) is 0 Å². The molecule has 0 spiro atoms. The van der Waals surface area contributed by atoms with Crippen molar-refractivity contribution < 1.29 is 19.8 Å². The fraction of sp³-hybridized carbons (Fsp3) is 0.300. The highest BCUT2D eigenvalue weighted by atomic mass is 16.4. The number of rotatable bonds is 6. The van der Waals surface area contributed by atoms with Gasteiger partial charge in [0.2, 0.25) is 0 Å². The third-order valence-corrected chi connectivity index (χ3v) is 4.51. The van der Waals surface area contributed by atoms with Crippen LogP contribution in [-0.2, 0) is 0 Å². The van der Waals surface area contributed by atoms with Crippen LogP contribution in [0.15, 0.2) is 54.6 Å². The maximum Gasteiger partial charge on any atom is 0.336 e. The van der Waals surface area contributed by atoms with Crippen molar-refractivity contribution >= 4 is 17.6 Å². The molecule has 2 aromatic rings. The Bertz CT molecular complexity index is 653. The van der Waals surface area contributed by atoms with Crippen molar-refractivity contribution in [2.75, 3.05) is 19.6 Å². The molecule has 0 amide bonds. The number of hydrogen-bond acceptors (Lipinski definition) is 2. The summed E-state index contributed by atoms with van der Waals surface area (Å²) in [5.74, 6) is -2.46. The number of aromatic carboxylic acids is 2. The summed E-state index contributed by atoms with van der Waals surface area (Å²) in [5.41, 5.74) is 1.06. The Morgan fingerprint density at radius 3 is 1.40 bits per heavy atom. The predicted octanol–water partition coefficient (Wildman–Crippen LogP) is 4.14. The molecule has 0 aliphatic carbocycles. The fourth-order valence-electron chi connectivity index (χ4n) is 2.82. The first-order chi connectivity index (χ1) is 11.9. The zero-order valence-corrected chi connectivity index (χ0v) is 15.0. The Labute approximate surface area is 148 Å². The molecule has 0 radical (unpaired) electrons. The van der Waals surface area contributed by atoms with Crippen LogP contribution in [0, 0.1) is 0 Å². The molecular formula is C20H26NO4+. The van der Waals surface area contributed by atoms with Crippen molar-refractivity contribution in [1.82, 2.24) is 4.48 Å². The SMILES string of the molecule is CC[N+](CC)(CC)c1ccccc1.O=C(O)c1ccccc1C(=O)O. The van der Waals surface area contributed by atoms with Crippen LogP contribution in [0.3, 0.4) is 0 Å². The minimum atomic E-state index is -1.23. The number of para-hydroxylation sites is 1. The maximum atomic E-state index is 10.5. The molecule has 0 aromatic heterocycles. The standard InChI is InChI=1S/C12H20N.C8H6O4/c1-4-13(5-2,6-3)12-10-8-7-9-11-12;9-7(10)5-3-1-2-4-6(5)8(11)12/h7-11H,4-6H2,1-3H3;1-4H,(H,9,10)(H,11,12)/q+1;. The molecule has 2 N–H and O–H groups in total. The number of carbonyl (C=O) groups is 2. The van der Waals surface area contributed by atoms with E-state index in [4.69, 9.17) is 10.2 Å². The second-order valence-electron chi connectivity index (χ2n) is 5.59. The molecule has 0 aliphatic heterocycles. The minimum absolute atomic E-state index is 0.190. The lowest BCUT2D eigenvalue weighted by Gasteiger charge is -2.35. The number of quaternary nitrogens is 1. The van der Waals surface area contributed by atoms with E-state index in [0.717, 1.165) is 4.48 Å². The number of hydrogen-bond donors (Lipinski definition) is 2. The van der Waals surface area contributed by atoms with E-state index in [2.05, 4.69) is 51.1 Å². The van der Waals surface area contributed by atoms with Crippen LogP contribution in [0.4, 0.5) is 5.69 Å². The van der Waals surface area contributed by atoms with Crippen molar-refractivity contribution in [3.05, 3.63) is 65.7 Å². The first kappa shape index (κ1) is 20.4. The van der Waals surface area contributed by atoms with Crippen molar-refractivity contribution in [2.45, 2.75) is 20.8 Å². The third kappa shape index (κ3) is 5.16. The zero-order chi connectivity index (χ0) is 18.9. The van der Waals surface area contributed by atoms with E-state index < -0.39 is 11.9 Å². The molecule has 25 heavy (non-hydrogen) atoms. The highest BCUT2D eigenvalue weighted by Crippen LogP contribution is 2.21. The number of nitrogens with zero attached hydrogens (tertiary/aromatic N) is 1. The summed E-state index contributed by atoms with van der Waals surface area (Å²) in [6, 6.07) is 16.3. The summed E-state index contributed by atoms with van der Waals surface area (Å²) in [7, 11) is 0. The Morgan fingerprint density at radius 2 is 1.08 bits per heavy atom. The summed E-state index contributed by atoms with van der Waals surface area (Å²) in [6.07, 6.45) is 0. The van der Waals surface area contributed by atoms with Gasteiger partial charge < -0.3 is 10.2 Å². The van der Waals surface area contributed by atoms with Gasteiger partial charge >= 0.3 is 11.9 Å². The van der Waals surface area contributed by atoms with E-state index in [-0.39, 0.29) is 11.1 Å². The molecule has 5 heteroatoms. The molecule has 5 nitrogen and oxygen atoms in total. The maximum absolute atomic E-state index is 10.5. The molecular weight excluding hydrogens is 318 g/mol. The Kier molecular flexibility index (Phi) is 7.82. The molecule has 0 saturated heterocycles. The fourth-order valence-corrected chi connectivity index (χ4v) is 2.82. The van der Waals surface area contributed by atoms with E-state index in [1.54, 1.807) is 0 Å². The van der Waals surface area contributed by atoms with Gasteiger partial charge in [-0.1, -0.05) is 30.3 Å². The molecule has 0 unspecified atom stereocenters. The predicted molar refractivity (Wildman–Crippen MR) is 100 cm³/mol. The third-order valence-electron chi connectivity index (χ3n) is 4.51. The largest absolute Gasteiger partial charge is 0.478 e. The smallest absolute Gasteiger partial charge is 0.336 e. The zero-order valence-electron chi connectivity index (χ0n) is 15.0. The highest BCUT2D eigenvalue weighted by Gasteiger charge is 2.23. The lowest BCUT2D eigenvalue weighted by molar-refractivity contribution is 0.0651. The number of benzene rings is 2. The van der Waals surface area contributed by atoms with E-state index in [9.17, 15) is 9.59 Å². The molecule has 0 fully saturated rings. The lowest BCUT2D eigenvalue weighted by Crippen LogP contribution is -2.48. The second kappa shape index (κ2) is 9.59. The summed E-state index contributed by atoms with van der Waals surface area (Å²) < 4.78 is 1.10. The molecule has 134 valence electrons. The second-order valence-corrected chi connectivity index (χ2v) is 5.59. The van der Waals surface area contributed by atoms with Crippen molar-refractivity contribution in [3.63, 3.8) is 0 Å². The van der Waals surface area contributed by atoms with Crippen LogP contribution < -0.4 is 4.48 Å². The van der Waals surface area contributed by atoms with Crippen molar-refractivity contribution in [1.29, 1.82) is 0 Å². The summed E-state index contributed by atoms with van der Waals surface area (Å²) >= 11 is 0. The van der Waals surface area contributed by atoms with E-state index in [1.165, 1.54) is 49.6 Å². The van der Waals surface area contributed by atoms with Gasteiger partial charge in [0.15, 0.2) is 0 Å². The molecule has 0 saturated carbocycles. The normalized spacial score (nSPS) is 10.5. The summed E-state index contributed by atoms with van der Waals surface area (Å²) in [4.78, 5) is 20.9. The minimum Gasteiger partial charge on any atom is -0.478 e. The van der Waals surface area contributed by atoms with Crippen molar-refractivity contribution in [3.8, 4) is 0 Å². The van der Waals surface area contributed by atoms with Crippen LogP contribution in [0.1, 0.15) is 41.5 Å². The van der Waals surface area contributed by atoms with Crippen LogP contribution in [0.25, 0.3) is 0 Å². The molecule has 0 atom stereocenters. The first-order valence-electron chi connectivity index (χ1n) is 8.39. The number of carboxylic acids is 2. The van der Waals surface area contributed by atoms with Crippen LogP contribution in [-0.4, -0.2) is 41.8 Å². The van der Waals surface area contributed by atoms with Gasteiger partial charge in [-0.2, -0.15) is 0 Å². The summed E-state index contributed by atoms with van der Waals surface area (Å²) in [5, 5.41) is 17.1.